The molecule has 1 atom stereocenters. The van der Waals surface area contributed by atoms with Crippen LogP contribution in [-0.4, -0.2) is 41.3 Å². The van der Waals surface area contributed by atoms with Crippen LogP contribution in [0.1, 0.15) is 81.1 Å². The molecule has 0 amide bonds. The van der Waals surface area contributed by atoms with Crippen molar-refractivity contribution in [2.24, 2.45) is 5.41 Å². The zero-order valence-electron chi connectivity index (χ0n) is 19.5. The molecule has 1 N–H and O–H groups in total. The summed E-state index contributed by atoms with van der Waals surface area (Å²) in [5.41, 5.74) is 3.47. The number of hydrogen-bond acceptors (Lipinski definition) is 4. The van der Waals surface area contributed by atoms with E-state index in [0.29, 0.717) is 11.8 Å². The van der Waals surface area contributed by atoms with Crippen molar-refractivity contribution in [3.05, 3.63) is 35.6 Å². The minimum Gasteiger partial charge on any atom is -0.462 e. The van der Waals surface area contributed by atoms with E-state index >= 15 is 0 Å². The number of hydrogen-bond donors (Lipinski definition) is 1. The summed E-state index contributed by atoms with van der Waals surface area (Å²) in [6.07, 6.45) is 7.39. The van der Waals surface area contributed by atoms with E-state index in [0.717, 1.165) is 49.2 Å². The van der Waals surface area contributed by atoms with Crippen LogP contribution in [-0.2, 0) is 9.53 Å². The molecule has 1 rings (SSSR count). The van der Waals surface area contributed by atoms with Crippen molar-refractivity contribution in [3.63, 3.8) is 0 Å². The first-order valence-electron chi connectivity index (χ1n) is 10.6. The summed E-state index contributed by atoms with van der Waals surface area (Å²) in [6.45, 7) is 22.2. The van der Waals surface area contributed by atoms with Crippen LogP contribution >= 0.6 is 0 Å². The molecule has 1 fully saturated rings. The Morgan fingerprint density at radius 3 is 2.14 bits per heavy atom. The summed E-state index contributed by atoms with van der Waals surface area (Å²) in [4.78, 5) is 14.7. The number of rotatable bonds is 7. The van der Waals surface area contributed by atoms with Crippen LogP contribution in [0.5, 0.6) is 0 Å². The predicted molar refractivity (Wildman–Crippen MR) is 119 cm³/mol. The second-order valence-corrected chi connectivity index (χ2v) is 8.77. The predicted octanol–water partition coefficient (Wildman–Crippen LogP) is 5.63. The van der Waals surface area contributed by atoms with Gasteiger partial charge in [0.05, 0.1) is 12.5 Å². The number of piperidine rings is 1. The number of likely N-dealkylation sites (tertiary alicyclic amines) is 1. The number of carbonyl (C=O) groups is 1. The van der Waals surface area contributed by atoms with Crippen molar-refractivity contribution in [2.75, 3.05) is 13.1 Å². The fraction of sp³-hybridized carbons (Fsp3) is 0.708. The van der Waals surface area contributed by atoms with Gasteiger partial charge in [-0.15, -0.1) is 0 Å². The van der Waals surface area contributed by atoms with Crippen LogP contribution in [0.15, 0.2) is 35.6 Å². The molecule has 4 heteroatoms. The average Bonchev–Trinajstić information content (AvgIpc) is 2.57. The molecular weight excluding hydrogens is 350 g/mol. The molecule has 0 spiro atoms. The Kier molecular flexibility index (Phi) is 12.1. The number of ether oxygens (including phenoxy) is 1. The van der Waals surface area contributed by atoms with E-state index in [9.17, 15) is 4.79 Å². The maximum atomic E-state index is 12.3. The van der Waals surface area contributed by atoms with Gasteiger partial charge in [-0.1, -0.05) is 39.0 Å². The molecular formula is C24H43NO3. The quantitative estimate of drug-likeness (QED) is 0.449. The van der Waals surface area contributed by atoms with Gasteiger partial charge in [0, 0.05) is 24.9 Å². The van der Waals surface area contributed by atoms with Gasteiger partial charge < -0.3 is 14.7 Å². The van der Waals surface area contributed by atoms with Gasteiger partial charge in [0.2, 0.25) is 0 Å². The highest BCUT2D eigenvalue weighted by Crippen LogP contribution is 2.33. The fourth-order valence-electron chi connectivity index (χ4n) is 2.86. The van der Waals surface area contributed by atoms with Crippen molar-refractivity contribution in [3.8, 4) is 0 Å². The lowest BCUT2D eigenvalue weighted by atomic mass is 9.82. The van der Waals surface area contributed by atoms with E-state index in [1.807, 2.05) is 33.8 Å². The van der Waals surface area contributed by atoms with Crippen molar-refractivity contribution in [1.82, 2.24) is 4.90 Å². The SMILES string of the molecule is C=C(C)/C(CC(=O)OC(C)CC)=C(\C=C/C)N1CCC(C)(C)CC1.CC(C)O. The summed E-state index contributed by atoms with van der Waals surface area (Å²) in [5.74, 6) is -0.165. The van der Waals surface area contributed by atoms with Crippen molar-refractivity contribution >= 4 is 5.97 Å². The van der Waals surface area contributed by atoms with Crippen LogP contribution in [0.25, 0.3) is 0 Å². The molecule has 1 heterocycles. The summed E-state index contributed by atoms with van der Waals surface area (Å²) in [5, 5.41) is 8.06. The molecule has 0 radical (unpaired) electrons. The minimum absolute atomic E-state index is 0.0372. The van der Waals surface area contributed by atoms with E-state index in [1.165, 1.54) is 0 Å². The smallest absolute Gasteiger partial charge is 0.310 e. The van der Waals surface area contributed by atoms with E-state index in [4.69, 9.17) is 9.84 Å². The van der Waals surface area contributed by atoms with Gasteiger partial charge in [-0.25, -0.2) is 0 Å². The normalized spacial score (nSPS) is 18.3. The van der Waals surface area contributed by atoms with E-state index in [1.54, 1.807) is 13.8 Å². The third kappa shape index (κ3) is 10.7. The van der Waals surface area contributed by atoms with E-state index in [2.05, 4.69) is 31.4 Å². The van der Waals surface area contributed by atoms with Crippen LogP contribution in [0.4, 0.5) is 0 Å². The number of allylic oxidation sites excluding steroid dienone is 3. The minimum atomic E-state index is -0.167. The molecule has 0 aromatic rings. The summed E-state index contributed by atoms with van der Waals surface area (Å²) < 4.78 is 5.47. The van der Waals surface area contributed by atoms with Gasteiger partial charge in [-0.3, -0.25) is 4.79 Å². The van der Waals surface area contributed by atoms with Crippen molar-refractivity contribution in [1.29, 1.82) is 0 Å². The molecule has 1 aliphatic heterocycles. The van der Waals surface area contributed by atoms with Crippen LogP contribution in [0.3, 0.4) is 0 Å². The molecule has 1 saturated heterocycles. The first-order chi connectivity index (χ1) is 12.9. The average molecular weight is 394 g/mol. The van der Waals surface area contributed by atoms with E-state index < -0.39 is 0 Å². The zero-order valence-corrected chi connectivity index (χ0v) is 19.5. The maximum absolute atomic E-state index is 12.3. The van der Waals surface area contributed by atoms with Crippen molar-refractivity contribution in [2.45, 2.75) is 93.3 Å². The second kappa shape index (κ2) is 12.8. The monoisotopic (exact) mass is 393 g/mol. The number of aliphatic hydroxyl groups excluding tert-OH is 1. The largest absolute Gasteiger partial charge is 0.462 e. The molecule has 162 valence electrons. The van der Waals surface area contributed by atoms with Crippen LogP contribution in [0, 0.1) is 5.41 Å². The fourth-order valence-corrected chi connectivity index (χ4v) is 2.86. The lowest BCUT2D eigenvalue weighted by Gasteiger charge is -2.39. The van der Waals surface area contributed by atoms with Crippen LogP contribution < -0.4 is 0 Å². The van der Waals surface area contributed by atoms with Crippen molar-refractivity contribution < 1.29 is 14.6 Å². The number of nitrogens with zero attached hydrogens (tertiary/aromatic N) is 1. The first-order valence-corrected chi connectivity index (χ1v) is 10.6. The van der Waals surface area contributed by atoms with E-state index in [-0.39, 0.29) is 18.2 Å². The third-order valence-corrected chi connectivity index (χ3v) is 4.84. The Morgan fingerprint density at radius 1 is 1.25 bits per heavy atom. The molecule has 0 aromatic heterocycles. The number of carbonyl (C=O) groups excluding carboxylic acids is 1. The molecule has 1 aliphatic rings. The Balaban J connectivity index is 0.00000165. The molecule has 0 saturated carbocycles. The zero-order chi connectivity index (χ0) is 21.9. The van der Waals surface area contributed by atoms with Gasteiger partial charge in [-0.05, 0) is 70.9 Å². The molecule has 0 aromatic carbocycles. The Bertz CT molecular complexity index is 545. The highest BCUT2D eigenvalue weighted by Gasteiger charge is 2.27. The Hall–Kier alpha value is -1.55. The second-order valence-electron chi connectivity index (χ2n) is 8.77. The highest BCUT2D eigenvalue weighted by atomic mass is 16.5. The van der Waals surface area contributed by atoms with Gasteiger partial charge in [0.1, 0.15) is 0 Å². The van der Waals surface area contributed by atoms with Gasteiger partial charge >= 0.3 is 5.97 Å². The number of aliphatic hydroxyl groups is 1. The summed E-state index contributed by atoms with van der Waals surface area (Å²) >= 11 is 0. The van der Waals surface area contributed by atoms with Gasteiger partial charge in [0.15, 0.2) is 0 Å². The van der Waals surface area contributed by atoms with Crippen LogP contribution in [0.2, 0.25) is 0 Å². The summed E-state index contributed by atoms with van der Waals surface area (Å²) in [7, 11) is 0. The lowest BCUT2D eigenvalue weighted by Crippen LogP contribution is -2.37. The molecule has 0 aliphatic carbocycles. The Morgan fingerprint density at radius 2 is 1.75 bits per heavy atom. The summed E-state index contributed by atoms with van der Waals surface area (Å²) in [6, 6.07) is 0. The molecule has 28 heavy (non-hydrogen) atoms. The third-order valence-electron chi connectivity index (χ3n) is 4.84. The highest BCUT2D eigenvalue weighted by molar-refractivity contribution is 5.74. The van der Waals surface area contributed by atoms with Gasteiger partial charge in [-0.2, -0.15) is 0 Å². The molecule has 0 bridgehead atoms. The standard InChI is InChI=1S/C21H35NO2.C3H8O/c1-8-10-19(22-13-11-21(6,7)12-14-22)18(16(3)4)15-20(23)24-17(5)9-2;1-3(2)4/h8,10,17H,3,9,11-15H2,1-2,4-7H3;3-4H,1-2H3/b10-8-,19-18+;. The topological polar surface area (TPSA) is 49.8 Å². The lowest BCUT2D eigenvalue weighted by molar-refractivity contribution is -0.147. The molecule has 1 unspecified atom stereocenters. The van der Waals surface area contributed by atoms with Gasteiger partial charge in [0.25, 0.3) is 0 Å². The first kappa shape index (κ1) is 26.4. The number of esters is 1. The maximum Gasteiger partial charge on any atom is 0.310 e. The molecule has 4 nitrogen and oxygen atoms in total. The Labute approximate surface area is 173 Å².